The van der Waals surface area contributed by atoms with Crippen molar-refractivity contribution in [1.82, 2.24) is 0 Å². The summed E-state index contributed by atoms with van der Waals surface area (Å²) < 4.78 is 46.6. The van der Waals surface area contributed by atoms with Crippen LogP contribution in [0.15, 0.2) is 18.2 Å². The highest BCUT2D eigenvalue weighted by atomic mass is 35.5. The number of para-hydroxylation sites is 1. The van der Waals surface area contributed by atoms with E-state index in [-0.39, 0.29) is 18.8 Å². The second-order valence-electron chi connectivity index (χ2n) is 3.84. The second-order valence-corrected chi connectivity index (χ2v) is 3.84. The lowest BCUT2D eigenvalue weighted by molar-refractivity contribution is -0.136. The maximum absolute atomic E-state index is 12.1. The summed E-state index contributed by atoms with van der Waals surface area (Å²) in [5.74, 6) is 0.840. The van der Waals surface area contributed by atoms with E-state index in [1.54, 1.807) is 18.2 Å². The van der Waals surface area contributed by atoms with E-state index < -0.39 is 18.6 Å². The largest absolute Gasteiger partial charge is 0.493 e. The number of ether oxygens (including phenoxy) is 2. The van der Waals surface area contributed by atoms with Gasteiger partial charge in [0.05, 0.1) is 14.2 Å². The number of benzene rings is 1. The van der Waals surface area contributed by atoms with Crippen LogP contribution in [0.2, 0.25) is 0 Å². The van der Waals surface area contributed by atoms with Crippen molar-refractivity contribution in [1.29, 1.82) is 0 Å². The molecule has 0 aliphatic heterocycles. The highest BCUT2D eigenvalue weighted by molar-refractivity contribution is 5.85. The third-order valence-corrected chi connectivity index (χ3v) is 2.57. The van der Waals surface area contributed by atoms with Gasteiger partial charge in [0.1, 0.15) is 0 Å². The zero-order chi connectivity index (χ0) is 13.8. The molecule has 0 aliphatic rings. The van der Waals surface area contributed by atoms with Gasteiger partial charge < -0.3 is 15.2 Å². The quantitative estimate of drug-likeness (QED) is 0.905. The van der Waals surface area contributed by atoms with Crippen molar-refractivity contribution < 1.29 is 22.6 Å². The lowest BCUT2D eigenvalue weighted by atomic mass is 10.0. The number of nitrogens with two attached hydrogens (primary N) is 1. The van der Waals surface area contributed by atoms with Gasteiger partial charge >= 0.3 is 6.18 Å². The first-order valence-electron chi connectivity index (χ1n) is 5.42. The molecule has 1 atom stereocenters. The van der Waals surface area contributed by atoms with Crippen LogP contribution in [0.1, 0.15) is 24.4 Å². The summed E-state index contributed by atoms with van der Waals surface area (Å²) in [6.07, 6.45) is -5.31. The van der Waals surface area contributed by atoms with Crippen LogP contribution in [0, 0.1) is 0 Å². The molecule has 1 aromatic carbocycles. The first-order valence-corrected chi connectivity index (χ1v) is 5.42. The van der Waals surface area contributed by atoms with E-state index in [1.807, 2.05) is 0 Å². The summed E-state index contributed by atoms with van der Waals surface area (Å²) in [5.41, 5.74) is 6.28. The summed E-state index contributed by atoms with van der Waals surface area (Å²) >= 11 is 0. The number of hydrogen-bond donors (Lipinski definition) is 1. The molecule has 0 bridgehead atoms. The second kappa shape index (κ2) is 7.45. The van der Waals surface area contributed by atoms with Gasteiger partial charge in [-0.2, -0.15) is 13.2 Å². The molecule has 0 aliphatic carbocycles. The van der Waals surface area contributed by atoms with Crippen molar-refractivity contribution in [2.24, 2.45) is 5.73 Å². The van der Waals surface area contributed by atoms with Crippen LogP contribution in [0.25, 0.3) is 0 Å². The highest BCUT2D eigenvalue weighted by Gasteiger charge is 2.28. The molecule has 0 heterocycles. The third kappa shape index (κ3) is 5.16. The van der Waals surface area contributed by atoms with Crippen LogP contribution in [0.3, 0.4) is 0 Å². The number of methoxy groups -OCH3 is 2. The molecule has 0 amide bonds. The van der Waals surface area contributed by atoms with Crippen molar-refractivity contribution >= 4 is 12.4 Å². The average Bonchev–Trinajstić information content (AvgIpc) is 2.33. The van der Waals surface area contributed by atoms with E-state index in [1.165, 1.54) is 14.2 Å². The minimum atomic E-state index is -4.20. The Hall–Kier alpha value is -1.14. The van der Waals surface area contributed by atoms with E-state index >= 15 is 0 Å². The van der Waals surface area contributed by atoms with Gasteiger partial charge in [-0.15, -0.1) is 12.4 Å². The van der Waals surface area contributed by atoms with Gasteiger partial charge in [0.15, 0.2) is 11.5 Å². The van der Waals surface area contributed by atoms with Crippen LogP contribution in [0.5, 0.6) is 11.5 Å². The summed E-state index contributed by atoms with van der Waals surface area (Å²) in [4.78, 5) is 0. The average molecular weight is 300 g/mol. The van der Waals surface area contributed by atoms with Gasteiger partial charge in [-0.3, -0.25) is 0 Å². The van der Waals surface area contributed by atoms with Gasteiger partial charge in [0, 0.05) is 18.0 Å². The Kier molecular flexibility index (Phi) is 7.00. The van der Waals surface area contributed by atoms with E-state index in [2.05, 4.69) is 0 Å². The number of alkyl halides is 3. The van der Waals surface area contributed by atoms with E-state index in [4.69, 9.17) is 15.2 Å². The van der Waals surface area contributed by atoms with Crippen LogP contribution in [0.4, 0.5) is 13.2 Å². The molecule has 0 aromatic heterocycles. The fraction of sp³-hybridized carbons (Fsp3) is 0.500. The Bertz CT molecular complexity index is 399. The van der Waals surface area contributed by atoms with Crippen molar-refractivity contribution in [2.45, 2.75) is 25.1 Å². The van der Waals surface area contributed by atoms with Crippen LogP contribution < -0.4 is 15.2 Å². The molecule has 7 heteroatoms. The van der Waals surface area contributed by atoms with Gasteiger partial charge in [-0.1, -0.05) is 12.1 Å². The molecule has 0 saturated carbocycles. The predicted octanol–water partition coefficient (Wildman–Crippen LogP) is 3.47. The molecule has 0 unspecified atom stereocenters. The van der Waals surface area contributed by atoms with Gasteiger partial charge in [0.25, 0.3) is 0 Å². The Morgan fingerprint density at radius 3 is 2.32 bits per heavy atom. The molecule has 0 radical (unpaired) electrons. The predicted molar refractivity (Wildman–Crippen MR) is 69.0 cm³/mol. The molecule has 0 spiro atoms. The Balaban J connectivity index is 0.00000324. The SMILES string of the molecule is COc1cccc([C@@H](N)CCC(F)(F)F)c1OC.Cl. The summed E-state index contributed by atoms with van der Waals surface area (Å²) in [5, 5.41) is 0. The monoisotopic (exact) mass is 299 g/mol. The Morgan fingerprint density at radius 1 is 1.21 bits per heavy atom. The van der Waals surface area contributed by atoms with Crippen LogP contribution in [-0.2, 0) is 0 Å². The molecule has 1 rings (SSSR count). The summed E-state index contributed by atoms with van der Waals surface area (Å²) in [6.45, 7) is 0. The topological polar surface area (TPSA) is 44.5 Å². The number of rotatable bonds is 5. The summed E-state index contributed by atoms with van der Waals surface area (Å²) in [6, 6.07) is 4.24. The molecule has 0 saturated heterocycles. The molecular weight excluding hydrogens is 283 g/mol. The Morgan fingerprint density at radius 2 is 1.84 bits per heavy atom. The fourth-order valence-corrected chi connectivity index (χ4v) is 1.68. The minimum absolute atomic E-state index is 0. The normalized spacial score (nSPS) is 12.5. The van der Waals surface area contributed by atoms with Crippen molar-refractivity contribution in [3.63, 3.8) is 0 Å². The zero-order valence-electron chi connectivity index (χ0n) is 10.7. The van der Waals surface area contributed by atoms with E-state index in [0.717, 1.165) is 0 Å². The first kappa shape index (κ1) is 17.9. The minimum Gasteiger partial charge on any atom is -0.493 e. The smallest absolute Gasteiger partial charge is 0.389 e. The maximum Gasteiger partial charge on any atom is 0.389 e. The first-order chi connectivity index (χ1) is 8.39. The number of halogens is 4. The van der Waals surface area contributed by atoms with Crippen molar-refractivity contribution in [3.05, 3.63) is 23.8 Å². The molecular formula is C12H17ClF3NO2. The molecule has 1 aromatic rings. The third-order valence-electron chi connectivity index (χ3n) is 2.57. The standard InChI is InChI=1S/C12H16F3NO2.ClH/c1-17-10-5-3-4-8(11(10)18-2)9(16)6-7-12(13,14)15;/h3-5,9H,6-7,16H2,1-2H3;1H/t9-;/m0./s1. The lowest BCUT2D eigenvalue weighted by Crippen LogP contribution is -2.16. The van der Waals surface area contributed by atoms with Gasteiger partial charge in [-0.05, 0) is 12.5 Å². The molecule has 19 heavy (non-hydrogen) atoms. The lowest BCUT2D eigenvalue weighted by Gasteiger charge is -2.18. The van der Waals surface area contributed by atoms with Crippen LogP contribution >= 0.6 is 12.4 Å². The van der Waals surface area contributed by atoms with Crippen molar-refractivity contribution in [3.8, 4) is 11.5 Å². The van der Waals surface area contributed by atoms with Crippen LogP contribution in [-0.4, -0.2) is 20.4 Å². The van der Waals surface area contributed by atoms with Crippen molar-refractivity contribution in [2.75, 3.05) is 14.2 Å². The molecule has 110 valence electrons. The molecule has 2 N–H and O–H groups in total. The fourth-order valence-electron chi connectivity index (χ4n) is 1.68. The Labute approximate surface area is 116 Å². The van der Waals surface area contributed by atoms with E-state index in [9.17, 15) is 13.2 Å². The zero-order valence-corrected chi connectivity index (χ0v) is 11.5. The van der Waals surface area contributed by atoms with Gasteiger partial charge in [-0.25, -0.2) is 0 Å². The van der Waals surface area contributed by atoms with Gasteiger partial charge in [0.2, 0.25) is 0 Å². The highest BCUT2D eigenvalue weighted by Crippen LogP contribution is 2.36. The summed E-state index contributed by atoms with van der Waals surface area (Å²) in [7, 11) is 2.89. The molecule has 0 fully saturated rings. The maximum atomic E-state index is 12.1. The molecule has 3 nitrogen and oxygen atoms in total. The van der Waals surface area contributed by atoms with E-state index in [0.29, 0.717) is 17.1 Å². The number of hydrogen-bond acceptors (Lipinski definition) is 3.